The summed E-state index contributed by atoms with van der Waals surface area (Å²) in [5.41, 5.74) is 0. The van der Waals surface area contributed by atoms with Gasteiger partial charge in [0.05, 0.1) is 49.0 Å². The molecule has 4 aliphatic rings. The van der Waals surface area contributed by atoms with Crippen molar-refractivity contribution in [3.05, 3.63) is 0 Å². The maximum absolute atomic E-state index is 11.5. The van der Waals surface area contributed by atoms with Crippen LogP contribution in [0, 0.1) is 29.6 Å². The van der Waals surface area contributed by atoms with Crippen LogP contribution in [0.1, 0.15) is 143 Å². The van der Waals surface area contributed by atoms with Crippen molar-refractivity contribution in [3.8, 4) is 0 Å². The molecule has 0 spiro atoms. The highest BCUT2D eigenvalue weighted by Gasteiger charge is 2.45. The Morgan fingerprint density at radius 1 is 0.587 bits per heavy atom. The molecule has 8 heteroatoms. The molecule has 4 rings (SSSR count). The summed E-state index contributed by atoms with van der Waals surface area (Å²) in [6.07, 6.45) is 19.5. The molecular weight excluding hydrogens is 578 g/mol. The average Bonchev–Trinajstić information content (AvgIpc) is 3.08. The first-order valence-corrected chi connectivity index (χ1v) is 19.8. The van der Waals surface area contributed by atoms with Crippen LogP contribution < -0.4 is 16.0 Å². The highest BCUT2D eigenvalue weighted by Crippen LogP contribution is 2.36. The van der Waals surface area contributed by atoms with Crippen molar-refractivity contribution in [1.29, 1.82) is 0 Å². The zero-order valence-electron chi connectivity index (χ0n) is 30.3. The Bertz CT molecular complexity index is 761. The van der Waals surface area contributed by atoms with E-state index in [1.54, 1.807) is 0 Å². The first-order chi connectivity index (χ1) is 22.4. The molecule has 0 aromatic carbocycles. The molecule has 3 saturated carbocycles. The Kier molecular flexibility index (Phi) is 17.0. The number of nitrogens with one attached hydrogen (secondary N) is 3. The molecule has 46 heavy (non-hydrogen) atoms. The molecule has 0 radical (unpaired) electrons. The van der Waals surface area contributed by atoms with E-state index < -0.39 is 12.2 Å². The van der Waals surface area contributed by atoms with Crippen molar-refractivity contribution < 1.29 is 24.4 Å². The molecule has 1 heterocycles. The summed E-state index contributed by atoms with van der Waals surface area (Å²) in [7, 11) is 1.84. The molecule has 10 unspecified atom stereocenters. The molecule has 8 nitrogen and oxygen atoms in total. The van der Waals surface area contributed by atoms with Gasteiger partial charge in [0, 0.05) is 32.2 Å². The molecule has 270 valence electrons. The molecule has 3 aliphatic carbocycles. The Hall–Kier alpha value is -0.320. The molecule has 0 bridgehead atoms. The van der Waals surface area contributed by atoms with Gasteiger partial charge in [-0.25, -0.2) is 0 Å². The van der Waals surface area contributed by atoms with Crippen LogP contribution in [-0.2, 0) is 14.2 Å². The molecule has 5 N–H and O–H groups in total. The minimum absolute atomic E-state index is 0.00495. The van der Waals surface area contributed by atoms with Crippen molar-refractivity contribution >= 4 is 0 Å². The summed E-state index contributed by atoms with van der Waals surface area (Å²) in [5, 5.41) is 34.8. The van der Waals surface area contributed by atoms with Gasteiger partial charge >= 0.3 is 0 Å². The van der Waals surface area contributed by atoms with Gasteiger partial charge in [0.15, 0.2) is 0 Å². The lowest BCUT2D eigenvalue weighted by molar-refractivity contribution is -0.0839. The third kappa shape index (κ3) is 11.4. The Morgan fingerprint density at radius 2 is 1.02 bits per heavy atom. The number of hydrogen-bond acceptors (Lipinski definition) is 8. The van der Waals surface area contributed by atoms with Gasteiger partial charge in [-0.1, -0.05) is 66.2 Å². The van der Waals surface area contributed by atoms with Gasteiger partial charge in [-0.3, -0.25) is 16.0 Å². The predicted molar refractivity (Wildman–Crippen MR) is 186 cm³/mol. The van der Waals surface area contributed by atoms with E-state index in [1.165, 1.54) is 38.5 Å². The van der Waals surface area contributed by atoms with Gasteiger partial charge in [-0.05, 0) is 94.8 Å². The van der Waals surface area contributed by atoms with E-state index in [1.807, 2.05) is 7.11 Å². The van der Waals surface area contributed by atoms with Crippen LogP contribution in [0.25, 0.3) is 0 Å². The van der Waals surface area contributed by atoms with E-state index >= 15 is 0 Å². The lowest BCUT2D eigenvalue weighted by atomic mass is 9.78. The van der Waals surface area contributed by atoms with Crippen LogP contribution >= 0.6 is 0 Å². The van der Waals surface area contributed by atoms with Crippen molar-refractivity contribution in [2.75, 3.05) is 20.3 Å². The Morgan fingerprint density at radius 3 is 1.41 bits per heavy atom. The summed E-state index contributed by atoms with van der Waals surface area (Å²) in [4.78, 5) is 0. The molecule has 1 saturated heterocycles. The van der Waals surface area contributed by atoms with Crippen LogP contribution in [0.3, 0.4) is 0 Å². The molecule has 1 aliphatic heterocycles. The zero-order valence-corrected chi connectivity index (χ0v) is 30.3. The monoisotopic (exact) mass is 652 g/mol. The summed E-state index contributed by atoms with van der Waals surface area (Å²) >= 11 is 0. The van der Waals surface area contributed by atoms with Gasteiger partial charge in [-0.2, -0.15) is 0 Å². The van der Waals surface area contributed by atoms with Crippen LogP contribution in [0.4, 0.5) is 0 Å². The molecule has 0 aromatic rings. The third-order valence-corrected chi connectivity index (χ3v) is 12.3. The van der Waals surface area contributed by atoms with Crippen molar-refractivity contribution in [2.45, 2.75) is 192 Å². The van der Waals surface area contributed by atoms with Crippen molar-refractivity contribution in [1.82, 2.24) is 16.0 Å². The fourth-order valence-electron chi connectivity index (χ4n) is 8.84. The lowest BCUT2D eigenvalue weighted by Crippen LogP contribution is -2.74. The van der Waals surface area contributed by atoms with Crippen molar-refractivity contribution in [3.63, 3.8) is 0 Å². The van der Waals surface area contributed by atoms with Gasteiger partial charge in [0.1, 0.15) is 0 Å². The first kappa shape index (κ1) is 38.5. The number of rotatable bonds is 18. The van der Waals surface area contributed by atoms with E-state index in [0.717, 1.165) is 77.4 Å². The highest BCUT2D eigenvalue weighted by atomic mass is 16.5. The second kappa shape index (κ2) is 20.4. The topological polar surface area (TPSA) is 104 Å². The van der Waals surface area contributed by atoms with Crippen LogP contribution in [0.5, 0.6) is 0 Å². The maximum Gasteiger partial charge on any atom is 0.0649 e. The highest BCUT2D eigenvalue weighted by molar-refractivity contribution is 4.99. The van der Waals surface area contributed by atoms with Gasteiger partial charge in [0.2, 0.25) is 0 Å². The number of hydrogen-bond donors (Lipinski definition) is 5. The number of aliphatic hydroxyl groups is 2. The third-order valence-electron chi connectivity index (χ3n) is 12.3. The van der Waals surface area contributed by atoms with E-state index in [9.17, 15) is 10.2 Å². The number of unbranched alkanes of at least 4 members (excludes halogenated alkanes) is 2. The molecule has 10 atom stereocenters. The van der Waals surface area contributed by atoms with Crippen molar-refractivity contribution in [2.24, 2.45) is 29.6 Å². The minimum Gasteiger partial charge on any atom is -0.393 e. The van der Waals surface area contributed by atoms with E-state index in [0.29, 0.717) is 36.7 Å². The van der Waals surface area contributed by atoms with Crippen LogP contribution in [0.15, 0.2) is 0 Å². The largest absolute Gasteiger partial charge is 0.393 e. The maximum atomic E-state index is 11.5. The number of aliphatic hydroxyl groups excluding tert-OH is 2. The molecular formula is C38H73N3O5. The quantitative estimate of drug-likeness (QED) is 0.115. The summed E-state index contributed by atoms with van der Waals surface area (Å²) in [6.45, 7) is 10.7. The Labute approximate surface area is 282 Å². The summed E-state index contributed by atoms with van der Waals surface area (Å²) < 4.78 is 18.5. The number of ether oxygens (including phenoxy) is 3. The normalized spacial score (nSPS) is 38.8. The predicted octanol–water partition coefficient (Wildman–Crippen LogP) is 6.48. The molecule has 0 aromatic heterocycles. The van der Waals surface area contributed by atoms with Gasteiger partial charge in [-0.15, -0.1) is 0 Å². The zero-order chi connectivity index (χ0) is 32.9. The SMILES string of the molecule is CCCCC(CC)COC1CCC(C2NC(C3CCC(OC)CC3)NC(C3CCC(OCC(CC)CCCC)CC3O)N2)C(O)C1. The second-order valence-corrected chi connectivity index (χ2v) is 15.5. The smallest absolute Gasteiger partial charge is 0.0649 e. The number of methoxy groups -OCH3 is 1. The van der Waals surface area contributed by atoms with Gasteiger partial charge < -0.3 is 24.4 Å². The standard InChI is InChI=1S/C38H73N3O5/c1-6-10-12-26(8-3)24-45-30-18-20-32(34(42)22-30)37-39-36(28-14-16-29(44-5)17-15-28)40-38(41-37)33-21-19-31(23-35(33)43)46-25-27(9-4)13-11-7-2/h26-43H,6-25H2,1-5H3. The van der Waals surface area contributed by atoms with Gasteiger partial charge in [0.25, 0.3) is 0 Å². The first-order valence-electron chi connectivity index (χ1n) is 19.8. The van der Waals surface area contributed by atoms with E-state index in [2.05, 4.69) is 43.6 Å². The molecule has 4 fully saturated rings. The average molecular weight is 652 g/mol. The summed E-state index contributed by atoms with van der Waals surface area (Å²) in [5.74, 6) is 2.00. The lowest BCUT2D eigenvalue weighted by Gasteiger charge is -2.51. The fourth-order valence-corrected chi connectivity index (χ4v) is 8.84. The van der Waals surface area contributed by atoms with E-state index in [4.69, 9.17) is 14.2 Å². The summed E-state index contributed by atoms with van der Waals surface area (Å²) in [6, 6.07) is 0. The Balaban J connectivity index is 1.35. The van der Waals surface area contributed by atoms with Crippen LogP contribution in [-0.4, -0.2) is 79.6 Å². The molecule has 0 amide bonds. The van der Waals surface area contributed by atoms with Crippen LogP contribution in [0.2, 0.25) is 0 Å². The fraction of sp³-hybridized carbons (Fsp3) is 1.00. The minimum atomic E-state index is -0.406. The second-order valence-electron chi connectivity index (χ2n) is 15.5. The van der Waals surface area contributed by atoms with E-state index in [-0.39, 0.29) is 42.5 Å².